The topological polar surface area (TPSA) is 51.1 Å². The number of hydrogen-bond donors (Lipinski definition) is 0. The van der Waals surface area contributed by atoms with Crippen LogP contribution in [0.2, 0.25) is 0 Å². The Hall–Kier alpha value is -7.08. The second-order valence-electron chi connectivity index (χ2n) is 12.4. The Kier molecular flexibility index (Phi) is 5.64. The SMILES string of the molecule is [C-]#[N+]c1cccc2c1oc1cc3c4ccccc4n(-c4cccc(-c5cccc(-n6c7ccccc7c7cc(C#N)ccc76)c5)c4)c3cc12. The van der Waals surface area contributed by atoms with E-state index in [0.717, 1.165) is 82.5 Å². The zero-order valence-electron chi connectivity index (χ0n) is 26.1. The smallest absolute Gasteiger partial charge is 0.229 e. The summed E-state index contributed by atoms with van der Waals surface area (Å²) in [5, 5.41) is 16.0. The zero-order chi connectivity index (χ0) is 32.6. The molecule has 0 saturated carbocycles. The number of aromatic nitrogens is 2. The van der Waals surface area contributed by atoms with E-state index in [-0.39, 0.29) is 0 Å². The Bertz CT molecular complexity index is 3090. The molecule has 0 radical (unpaired) electrons. The molecule has 0 bridgehead atoms. The van der Waals surface area contributed by atoms with Crippen LogP contribution in [0.4, 0.5) is 5.69 Å². The molecule has 3 aromatic heterocycles. The van der Waals surface area contributed by atoms with Gasteiger partial charge in [-0.2, -0.15) is 5.26 Å². The highest BCUT2D eigenvalue weighted by molar-refractivity contribution is 6.18. The lowest BCUT2D eigenvalue weighted by Crippen LogP contribution is -1.96. The maximum atomic E-state index is 9.59. The van der Waals surface area contributed by atoms with E-state index < -0.39 is 0 Å². The van der Waals surface area contributed by atoms with Crippen LogP contribution < -0.4 is 0 Å². The van der Waals surface area contributed by atoms with Crippen LogP contribution in [0.1, 0.15) is 5.56 Å². The molecule has 0 aliphatic carbocycles. The van der Waals surface area contributed by atoms with E-state index in [4.69, 9.17) is 11.0 Å². The first-order chi connectivity index (χ1) is 24.2. The molecule has 5 heteroatoms. The van der Waals surface area contributed by atoms with Crippen molar-refractivity contribution in [3.63, 3.8) is 0 Å². The Balaban J connectivity index is 1.17. The number of nitrogens with zero attached hydrogens (tertiary/aromatic N) is 4. The molecule has 0 spiro atoms. The molecule has 49 heavy (non-hydrogen) atoms. The molecule has 0 atom stereocenters. The fourth-order valence-electron chi connectivity index (χ4n) is 7.58. The van der Waals surface area contributed by atoms with Crippen molar-refractivity contribution in [2.45, 2.75) is 0 Å². The van der Waals surface area contributed by atoms with Crippen molar-refractivity contribution < 1.29 is 4.42 Å². The summed E-state index contributed by atoms with van der Waals surface area (Å²) in [6.45, 7) is 7.65. The van der Waals surface area contributed by atoms with Crippen LogP contribution in [0.25, 0.3) is 92.9 Å². The highest BCUT2D eigenvalue weighted by Crippen LogP contribution is 2.41. The van der Waals surface area contributed by atoms with E-state index in [0.29, 0.717) is 16.8 Å². The number of furan rings is 1. The molecule has 10 aromatic rings. The monoisotopic (exact) mass is 624 g/mol. The molecule has 0 aliphatic heterocycles. The van der Waals surface area contributed by atoms with E-state index in [1.807, 2.05) is 36.4 Å². The highest BCUT2D eigenvalue weighted by Gasteiger charge is 2.18. The van der Waals surface area contributed by atoms with Crippen molar-refractivity contribution in [2.24, 2.45) is 0 Å². The number of benzene rings is 7. The van der Waals surface area contributed by atoms with E-state index in [2.05, 4.69) is 123 Å². The number of hydrogen-bond acceptors (Lipinski definition) is 2. The lowest BCUT2D eigenvalue weighted by atomic mass is 10.0. The van der Waals surface area contributed by atoms with Gasteiger partial charge in [0.05, 0.1) is 40.3 Å². The average molecular weight is 625 g/mol. The van der Waals surface area contributed by atoms with Gasteiger partial charge in [-0.25, -0.2) is 4.85 Å². The summed E-state index contributed by atoms with van der Waals surface area (Å²) in [6, 6.07) is 52.5. The van der Waals surface area contributed by atoms with Gasteiger partial charge >= 0.3 is 0 Å². The van der Waals surface area contributed by atoms with Crippen LogP contribution in [0.15, 0.2) is 150 Å². The first-order valence-corrected chi connectivity index (χ1v) is 16.1. The summed E-state index contributed by atoms with van der Waals surface area (Å²) in [7, 11) is 0. The lowest BCUT2D eigenvalue weighted by molar-refractivity contribution is 0.671. The minimum Gasteiger partial charge on any atom is -0.467 e. The summed E-state index contributed by atoms with van der Waals surface area (Å²) in [5.41, 5.74) is 11.3. The van der Waals surface area contributed by atoms with Crippen LogP contribution in [0, 0.1) is 17.9 Å². The highest BCUT2D eigenvalue weighted by atomic mass is 16.3. The minimum atomic E-state index is 0.522. The van der Waals surface area contributed by atoms with Crippen LogP contribution in [-0.2, 0) is 0 Å². The Morgan fingerprint density at radius 3 is 1.78 bits per heavy atom. The van der Waals surface area contributed by atoms with Crippen molar-refractivity contribution in [3.8, 4) is 28.6 Å². The van der Waals surface area contributed by atoms with Crippen molar-refractivity contribution in [3.05, 3.63) is 163 Å². The summed E-state index contributed by atoms with van der Waals surface area (Å²) in [6.07, 6.45) is 0. The molecule has 0 amide bonds. The van der Waals surface area contributed by atoms with Crippen molar-refractivity contribution in [1.29, 1.82) is 5.26 Å². The van der Waals surface area contributed by atoms with Crippen molar-refractivity contribution in [1.82, 2.24) is 9.13 Å². The molecule has 0 saturated heterocycles. The van der Waals surface area contributed by atoms with Gasteiger partial charge in [0.1, 0.15) is 11.2 Å². The Labute approximate surface area is 280 Å². The Morgan fingerprint density at radius 1 is 0.510 bits per heavy atom. The van der Waals surface area contributed by atoms with Crippen LogP contribution in [0.5, 0.6) is 0 Å². The lowest BCUT2D eigenvalue weighted by Gasteiger charge is -2.13. The standard InChI is InChI=1S/C44H24N4O/c1-46-38-16-8-15-34-37-24-42-36(25-43(37)49-44(34)38)33-14-3-5-18-40(33)48(42)31-12-7-10-29(23-31)28-9-6-11-30(22-28)47-39-17-4-2-13-32(39)35-21-27(26-45)19-20-41(35)47/h2-25H. The van der Waals surface area contributed by atoms with E-state index in [1.165, 1.54) is 0 Å². The second kappa shape index (κ2) is 10.2. The molecule has 0 aliphatic rings. The molecule has 226 valence electrons. The summed E-state index contributed by atoms with van der Waals surface area (Å²) in [4.78, 5) is 3.70. The molecular weight excluding hydrogens is 601 g/mol. The number of fused-ring (bicyclic) bond motifs is 9. The summed E-state index contributed by atoms with van der Waals surface area (Å²) >= 11 is 0. The van der Waals surface area contributed by atoms with Gasteiger partial charge in [0.25, 0.3) is 0 Å². The van der Waals surface area contributed by atoms with Gasteiger partial charge in [0, 0.05) is 43.7 Å². The number of rotatable bonds is 3. The molecule has 0 N–H and O–H groups in total. The van der Waals surface area contributed by atoms with Crippen molar-refractivity contribution in [2.75, 3.05) is 0 Å². The third kappa shape index (κ3) is 3.91. The molecule has 5 nitrogen and oxygen atoms in total. The van der Waals surface area contributed by atoms with Gasteiger partial charge in [-0.1, -0.05) is 78.9 Å². The van der Waals surface area contributed by atoms with Gasteiger partial charge in [-0.15, -0.1) is 0 Å². The quantitative estimate of drug-likeness (QED) is 0.184. The third-order valence-corrected chi connectivity index (χ3v) is 9.73. The van der Waals surface area contributed by atoms with E-state index in [1.54, 1.807) is 6.07 Å². The Morgan fingerprint density at radius 2 is 1.10 bits per heavy atom. The van der Waals surface area contributed by atoms with Crippen LogP contribution >= 0.6 is 0 Å². The van der Waals surface area contributed by atoms with Gasteiger partial charge < -0.3 is 13.6 Å². The molecule has 7 aromatic carbocycles. The second-order valence-corrected chi connectivity index (χ2v) is 12.4. The molecule has 3 heterocycles. The predicted octanol–water partition coefficient (Wildman–Crippen LogP) is 11.9. The molecule has 0 fully saturated rings. The summed E-state index contributed by atoms with van der Waals surface area (Å²) in [5.74, 6) is 0. The van der Waals surface area contributed by atoms with Crippen LogP contribution in [-0.4, -0.2) is 9.13 Å². The number of para-hydroxylation sites is 3. The maximum absolute atomic E-state index is 9.59. The van der Waals surface area contributed by atoms with Gasteiger partial charge in [0.15, 0.2) is 0 Å². The number of nitriles is 1. The van der Waals surface area contributed by atoms with Gasteiger partial charge in [-0.3, -0.25) is 0 Å². The third-order valence-electron chi connectivity index (χ3n) is 9.73. The van der Waals surface area contributed by atoms with Crippen molar-refractivity contribution >= 4 is 71.2 Å². The molecule has 10 rings (SSSR count). The predicted molar refractivity (Wildman–Crippen MR) is 199 cm³/mol. The average Bonchev–Trinajstić information content (AvgIpc) is 3.81. The van der Waals surface area contributed by atoms with Gasteiger partial charge in [-0.05, 0) is 77.9 Å². The van der Waals surface area contributed by atoms with Gasteiger partial charge in [0.2, 0.25) is 5.69 Å². The zero-order valence-corrected chi connectivity index (χ0v) is 26.1. The largest absolute Gasteiger partial charge is 0.467 e. The fourth-order valence-corrected chi connectivity index (χ4v) is 7.58. The van der Waals surface area contributed by atoms with Crippen LogP contribution in [0.3, 0.4) is 0 Å². The molecular formula is C44H24N4O. The maximum Gasteiger partial charge on any atom is 0.229 e. The minimum absolute atomic E-state index is 0.522. The van der Waals surface area contributed by atoms with E-state index in [9.17, 15) is 5.26 Å². The molecule has 0 unspecified atom stereocenters. The first-order valence-electron chi connectivity index (χ1n) is 16.1. The normalized spacial score (nSPS) is 11.6. The fraction of sp³-hybridized carbons (Fsp3) is 0. The van der Waals surface area contributed by atoms with E-state index >= 15 is 0 Å². The first kappa shape index (κ1) is 27.1. The summed E-state index contributed by atoms with van der Waals surface area (Å²) < 4.78 is 10.9.